The minimum absolute atomic E-state index is 0.0322. The Hall–Kier alpha value is -3.35. The third kappa shape index (κ3) is 7.72. The van der Waals surface area contributed by atoms with Gasteiger partial charge in [-0.25, -0.2) is 0 Å². The third-order valence-electron chi connectivity index (χ3n) is 4.83. The van der Waals surface area contributed by atoms with Gasteiger partial charge < -0.3 is 20.9 Å². The SMILES string of the molecule is CCCNC(=O)c1ccc(NC(=O)CNc2ccc(C(=O)N(CCC)CCC)cc2)cc1. The van der Waals surface area contributed by atoms with Gasteiger partial charge >= 0.3 is 0 Å². The molecule has 0 saturated carbocycles. The molecule has 3 N–H and O–H groups in total. The first-order valence-electron chi connectivity index (χ1n) is 11.3. The fourth-order valence-corrected chi connectivity index (χ4v) is 3.20. The van der Waals surface area contributed by atoms with Crippen molar-refractivity contribution in [1.82, 2.24) is 10.2 Å². The molecule has 0 aromatic heterocycles. The Morgan fingerprint density at radius 2 is 1.31 bits per heavy atom. The molecule has 32 heavy (non-hydrogen) atoms. The highest BCUT2D eigenvalue weighted by atomic mass is 16.2. The first-order valence-corrected chi connectivity index (χ1v) is 11.3. The monoisotopic (exact) mass is 438 g/mol. The molecule has 2 aromatic carbocycles. The highest BCUT2D eigenvalue weighted by Gasteiger charge is 2.14. The summed E-state index contributed by atoms with van der Waals surface area (Å²) in [5, 5.41) is 8.68. The first kappa shape index (κ1) is 24.9. The number of anilines is 2. The summed E-state index contributed by atoms with van der Waals surface area (Å²) < 4.78 is 0. The van der Waals surface area contributed by atoms with Crippen LogP contribution in [0.15, 0.2) is 48.5 Å². The third-order valence-corrected chi connectivity index (χ3v) is 4.83. The molecule has 0 atom stereocenters. The molecule has 172 valence electrons. The van der Waals surface area contributed by atoms with Gasteiger partial charge in [0.15, 0.2) is 0 Å². The van der Waals surface area contributed by atoms with Crippen LogP contribution < -0.4 is 16.0 Å². The molecule has 3 amide bonds. The van der Waals surface area contributed by atoms with Gasteiger partial charge in [0.25, 0.3) is 11.8 Å². The standard InChI is InChI=1S/C25H34N4O3/c1-4-15-26-24(31)19-7-13-22(14-8-19)28-23(30)18-27-21-11-9-20(10-12-21)25(32)29(16-5-2)17-6-3/h7-14,27H,4-6,15-18H2,1-3H3,(H,26,31)(H,28,30). The van der Waals surface area contributed by atoms with Gasteiger partial charge in [0.1, 0.15) is 0 Å². The van der Waals surface area contributed by atoms with E-state index in [1.165, 1.54) is 0 Å². The Balaban J connectivity index is 1.85. The number of hydrogen-bond donors (Lipinski definition) is 3. The van der Waals surface area contributed by atoms with Crippen LogP contribution in [0.2, 0.25) is 0 Å². The Labute approximate surface area is 190 Å². The number of carbonyl (C=O) groups excluding carboxylic acids is 3. The van der Waals surface area contributed by atoms with E-state index in [0.29, 0.717) is 23.4 Å². The second-order valence-corrected chi connectivity index (χ2v) is 7.60. The largest absolute Gasteiger partial charge is 0.376 e. The molecule has 7 heteroatoms. The number of amides is 3. The van der Waals surface area contributed by atoms with Gasteiger partial charge in [-0.05, 0) is 67.8 Å². The van der Waals surface area contributed by atoms with E-state index in [1.807, 2.05) is 11.8 Å². The van der Waals surface area contributed by atoms with Gasteiger partial charge in [-0.1, -0.05) is 20.8 Å². The van der Waals surface area contributed by atoms with Crippen LogP contribution in [0, 0.1) is 0 Å². The number of benzene rings is 2. The minimum Gasteiger partial charge on any atom is -0.376 e. The highest BCUT2D eigenvalue weighted by Crippen LogP contribution is 2.13. The molecular weight excluding hydrogens is 404 g/mol. The molecule has 0 unspecified atom stereocenters. The van der Waals surface area contributed by atoms with E-state index < -0.39 is 0 Å². The van der Waals surface area contributed by atoms with Crippen LogP contribution in [0.25, 0.3) is 0 Å². The highest BCUT2D eigenvalue weighted by molar-refractivity contribution is 5.97. The van der Waals surface area contributed by atoms with Crippen LogP contribution in [0.5, 0.6) is 0 Å². The van der Waals surface area contributed by atoms with Crippen molar-refractivity contribution in [3.05, 3.63) is 59.7 Å². The summed E-state index contributed by atoms with van der Waals surface area (Å²) in [6, 6.07) is 14.0. The average Bonchev–Trinajstić information content (AvgIpc) is 2.81. The predicted molar refractivity (Wildman–Crippen MR) is 129 cm³/mol. The lowest BCUT2D eigenvalue weighted by Gasteiger charge is -2.21. The Morgan fingerprint density at radius 1 is 0.750 bits per heavy atom. The summed E-state index contributed by atoms with van der Waals surface area (Å²) in [5.41, 5.74) is 2.58. The lowest BCUT2D eigenvalue weighted by atomic mass is 10.1. The molecule has 0 aliphatic heterocycles. The molecule has 7 nitrogen and oxygen atoms in total. The molecule has 2 aromatic rings. The topological polar surface area (TPSA) is 90.5 Å². The predicted octanol–water partition coefficient (Wildman–Crippen LogP) is 4.14. The van der Waals surface area contributed by atoms with Crippen molar-refractivity contribution in [3.63, 3.8) is 0 Å². The molecule has 0 saturated heterocycles. The molecule has 0 aliphatic carbocycles. The van der Waals surface area contributed by atoms with Crippen molar-refractivity contribution in [1.29, 1.82) is 0 Å². The van der Waals surface area contributed by atoms with E-state index in [-0.39, 0.29) is 24.3 Å². The number of rotatable bonds is 12. The van der Waals surface area contributed by atoms with Crippen molar-refractivity contribution in [2.45, 2.75) is 40.0 Å². The zero-order valence-corrected chi connectivity index (χ0v) is 19.2. The van der Waals surface area contributed by atoms with E-state index in [4.69, 9.17) is 0 Å². The van der Waals surface area contributed by atoms with Gasteiger partial charge in [0.2, 0.25) is 5.91 Å². The maximum atomic E-state index is 12.6. The fraction of sp³-hybridized carbons (Fsp3) is 0.400. The zero-order valence-electron chi connectivity index (χ0n) is 19.2. The Kier molecular flexibility index (Phi) is 10.2. The maximum absolute atomic E-state index is 12.6. The zero-order chi connectivity index (χ0) is 23.3. The van der Waals surface area contributed by atoms with E-state index >= 15 is 0 Å². The molecular formula is C25H34N4O3. The summed E-state index contributed by atoms with van der Waals surface area (Å²) >= 11 is 0. The van der Waals surface area contributed by atoms with Gasteiger partial charge in [0, 0.05) is 42.1 Å². The molecule has 0 heterocycles. The van der Waals surface area contributed by atoms with Crippen molar-refractivity contribution in [2.24, 2.45) is 0 Å². The van der Waals surface area contributed by atoms with Crippen molar-refractivity contribution in [3.8, 4) is 0 Å². The van der Waals surface area contributed by atoms with E-state index in [9.17, 15) is 14.4 Å². The van der Waals surface area contributed by atoms with Crippen LogP contribution in [0.3, 0.4) is 0 Å². The summed E-state index contributed by atoms with van der Waals surface area (Å²) in [6.07, 6.45) is 2.73. The van der Waals surface area contributed by atoms with Crippen LogP contribution in [-0.4, -0.2) is 48.8 Å². The number of carbonyl (C=O) groups is 3. The van der Waals surface area contributed by atoms with Crippen molar-refractivity contribution in [2.75, 3.05) is 36.8 Å². The summed E-state index contributed by atoms with van der Waals surface area (Å²) in [4.78, 5) is 38.7. The van der Waals surface area contributed by atoms with Crippen LogP contribution in [0.4, 0.5) is 11.4 Å². The number of nitrogens with zero attached hydrogens (tertiary/aromatic N) is 1. The average molecular weight is 439 g/mol. The lowest BCUT2D eigenvalue weighted by Crippen LogP contribution is -2.32. The molecule has 0 radical (unpaired) electrons. The first-order chi connectivity index (χ1) is 15.5. The van der Waals surface area contributed by atoms with Gasteiger partial charge in [0.05, 0.1) is 6.54 Å². The summed E-state index contributed by atoms with van der Waals surface area (Å²) in [6.45, 7) is 8.33. The Morgan fingerprint density at radius 3 is 1.88 bits per heavy atom. The second kappa shape index (κ2) is 13.1. The quantitative estimate of drug-likeness (QED) is 0.465. The Bertz CT molecular complexity index is 873. The van der Waals surface area contributed by atoms with Crippen LogP contribution in [0.1, 0.15) is 60.7 Å². The smallest absolute Gasteiger partial charge is 0.253 e. The molecule has 0 fully saturated rings. The van der Waals surface area contributed by atoms with E-state index in [2.05, 4.69) is 29.8 Å². The van der Waals surface area contributed by atoms with Gasteiger partial charge in [-0.15, -0.1) is 0 Å². The van der Waals surface area contributed by atoms with Crippen molar-refractivity contribution >= 4 is 29.1 Å². The van der Waals surface area contributed by atoms with Crippen LogP contribution in [-0.2, 0) is 4.79 Å². The number of nitrogens with one attached hydrogen (secondary N) is 3. The summed E-state index contributed by atoms with van der Waals surface area (Å²) in [5.74, 6) is -0.295. The van der Waals surface area contributed by atoms with Crippen LogP contribution >= 0.6 is 0 Å². The fourth-order valence-electron chi connectivity index (χ4n) is 3.20. The lowest BCUT2D eigenvalue weighted by molar-refractivity contribution is -0.114. The minimum atomic E-state index is -0.203. The number of hydrogen-bond acceptors (Lipinski definition) is 4. The second-order valence-electron chi connectivity index (χ2n) is 7.60. The molecule has 0 bridgehead atoms. The molecule has 0 spiro atoms. The molecule has 2 rings (SSSR count). The van der Waals surface area contributed by atoms with Gasteiger partial charge in [-0.2, -0.15) is 0 Å². The maximum Gasteiger partial charge on any atom is 0.253 e. The van der Waals surface area contributed by atoms with E-state index in [1.54, 1.807) is 48.5 Å². The molecule has 0 aliphatic rings. The summed E-state index contributed by atoms with van der Waals surface area (Å²) in [7, 11) is 0. The normalized spacial score (nSPS) is 10.3. The van der Waals surface area contributed by atoms with E-state index in [0.717, 1.165) is 38.0 Å². The van der Waals surface area contributed by atoms with Crippen molar-refractivity contribution < 1.29 is 14.4 Å². The van der Waals surface area contributed by atoms with Gasteiger partial charge in [-0.3, -0.25) is 14.4 Å².